The molecule has 3 rings (SSSR count). The zero-order chi connectivity index (χ0) is 21.2. The molecule has 0 bridgehead atoms. The Bertz CT molecular complexity index is 719. The first-order valence-corrected chi connectivity index (χ1v) is 10.5. The van der Waals surface area contributed by atoms with Gasteiger partial charge in [0, 0.05) is 36.8 Å². The zero-order valence-electron chi connectivity index (χ0n) is 17.7. The Hall–Kier alpha value is -2.12. The van der Waals surface area contributed by atoms with Gasteiger partial charge in [-0.05, 0) is 52.0 Å². The molecular formula is C22H34N4O3. The third-order valence-corrected chi connectivity index (χ3v) is 5.93. The van der Waals surface area contributed by atoms with Crippen LogP contribution in [-0.2, 0) is 11.3 Å². The number of likely N-dealkylation sites (tertiary alicyclic amines) is 1. The van der Waals surface area contributed by atoms with Crippen molar-refractivity contribution in [1.82, 2.24) is 15.1 Å². The number of benzene rings is 1. The van der Waals surface area contributed by atoms with Gasteiger partial charge in [0.25, 0.3) is 0 Å². The summed E-state index contributed by atoms with van der Waals surface area (Å²) in [6.45, 7) is 7.22. The molecule has 0 unspecified atom stereocenters. The van der Waals surface area contributed by atoms with Crippen LogP contribution in [0.1, 0.15) is 52.0 Å². The standard InChI is InChI=1S/C22H34N4O3/c1-22(2,3)24-16-9-10-18(17(23)13-16)25-12-11-19(20(25)27)26(21(28)29)14-15-7-5-4-6-8-15/h4-8,16-19,24H,9-14,23H2,1-3H3,(H,28,29)/t16-,17+,18+,19+/m1/s1. The van der Waals surface area contributed by atoms with E-state index in [4.69, 9.17) is 5.73 Å². The second-order valence-corrected chi connectivity index (χ2v) is 9.37. The van der Waals surface area contributed by atoms with Crippen molar-refractivity contribution < 1.29 is 14.7 Å². The van der Waals surface area contributed by atoms with Gasteiger partial charge in [0.2, 0.25) is 5.91 Å². The van der Waals surface area contributed by atoms with E-state index in [9.17, 15) is 14.7 Å². The number of nitrogens with zero attached hydrogens (tertiary/aromatic N) is 2. The molecule has 2 fully saturated rings. The first-order chi connectivity index (χ1) is 13.7. The van der Waals surface area contributed by atoms with Crippen LogP contribution in [0.25, 0.3) is 0 Å². The highest BCUT2D eigenvalue weighted by molar-refractivity contribution is 5.87. The van der Waals surface area contributed by atoms with Crippen molar-refractivity contribution in [2.75, 3.05) is 6.54 Å². The summed E-state index contributed by atoms with van der Waals surface area (Å²) < 4.78 is 0. The number of rotatable bonds is 5. The second kappa shape index (κ2) is 8.71. The molecule has 1 heterocycles. The van der Waals surface area contributed by atoms with Crippen molar-refractivity contribution >= 4 is 12.0 Å². The number of nitrogens with two attached hydrogens (primary N) is 1. The summed E-state index contributed by atoms with van der Waals surface area (Å²) in [5.41, 5.74) is 7.39. The lowest BCUT2D eigenvalue weighted by molar-refractivity contribution is -0.134. The van der Waals surface area contributed by atoms with Crippen LogP contribution in [0.5, 0.6) is 0 Å². The van der Waals surface area contributed by atoms with E-state index in [0.717, 1.165) is 24.8 Å². The summed E-state index contributed by atoms with van der Waals surface area (Å²) in [7, 11) is 0. The predicted octanol–water partition coefficient (Wildman–Crippen LogP) is 2.40. The van der Waals surface area contributed by atoms with Gasteiger partial charge in [-0.1, -0.05) is 30.3 Å². The van der Waals surface area contributed by atoms with E-state index in [1.54, 1.807) is 0 Å². The zero-order valence-corrected chi connectivity index (χ0v) is 17.7. The third-order valence-electron chi connectivity index (χ3n) is 5.93. The van der Waals surface area contributed by atoms with E-state index in [-0.39, 0.29) is 30.1 Å². The molecule has 7 nitrogen and oxygen atoms in total. The number of carbonyl (C=O) groups excluding carboxylic acids is 1. The molecule has 4 atom stereocenters. The van der Waals surface area contributed by atoms with E-state index in [1.807, 2.05) is 35.2 Å². The van der Waals surface area contributed by atoms with Crippen LogP contribution < -0.4 is 11.1 Å². The molecule has 4 N–H and O–H groups in total. The molecule has 1 saturated carbocycles. The number of hydrogen-bond acceptors (Lipinski definition) is 4. The Kier molecular flexibility index (Phi) is 6.49. The fourth-order valence-corrected chi connectivity index (χ4v) is 4.72. The molecule has 160 valence electrons. The maximum absolute atomic E-state index is 13.1. The Balaban J connectivity index is 1.65. The maximum atomic E-state index is 13.1. The Labute approximate surface area is 173 Å². The molecule has 2 amide bonds. The lowest BCUT2D eigenvalue weighted by atomic mass is 9.85. The average Bonchev–Trinajstić information content (AvgIpc) is 3.00. The van der Waals surface area contributed by atoms with Crippen LogP contribution in [0.15, 0.2) is 30.3 Å². The Morgan fingerprint density at radius 3 is 2.52 bits per heavy atom. The van der Waals surface area contributed by atoms with E-state index in [1.165, 1.54) is 4.90 Å². The first-order valence-electron chi connectivity index (χ1n) is 10.5. The second-order valence-electron chi connectivity index (χ2n) is 9.37. The fourth-order valence-electron chi connectivity index (χ4n) is 4.72. The molecule has 7 heteroatoms. The van der Waals surface area contributed by atoms with Crippen LogP contribution >= 0.6 is 0 Å². The number of amides is 2. The Morgan fingerprint density at radius 1 is 1.24 bits per heavy atom. The van der Waals surface area contributed by atoms with Crippen LogP contribution in [0.3, 0.4) is 0 Å². The number of carbonyl (C=O) groups is 2. The highest BCUT2D eigenvalue weighted by Crippen LogP contribution is 2.29. The molecule has 0 aromatic heterocycles. The van der Waals surface area contributed by atoms with E-state index in [2.05, 4.69) is 26.1 Å². The molecule has 1 aromatic rings. The maximum Gasteiger partial charge on any atom is 0.408 e. The molecule has 1 aromatic carbocycles. The third kappa shape index (κ3) is 5.28. The van der Waals surface area contributed by atoms with E-state index in [0.29, 0.717) is 19.0 Å². The molecular weight excluding hydrogens is 368 g/mol. The number of nitrogens with one attached hydrogen (secondary N) is 1. The first kappa shape index (κ1) is 21.6. The molecule has 0 spiro atoms. The van der Waals surface area contributed by atoms with E-state index >= 15 is 0 Å². The van der Waals surface area contributed by atoms with Gasteiger partial charge in [0.05, 0.1) is 0 Å². The summed E-state index contributed by atoms with van der Waals surface area (Å²) in [5, 5.41) is 13.3. The van der Waals surface area contributed by atoms with Crippen LogP contribution in [0.4, 0.5) is 4.79 Å². The van der Waals surface area contributed by atoms with E-state index < -0.39 is 12.1 Å². The Morgan fingerprint density at radius 2 is 1.93 bits per heavy atom. The quantitative estimate of drug-likeness (QED) is 0.702. The van der Waals surface area contributed by atoms with Gasteiger partial charge >= 0.3 is 6.09 Å². The molecule has 29 heavy (non-hydrogen) atoms. The summed E-state index contributed by atoms with van der Waals surface area (Å²) in [5.74, 6) is -0.106. The molecule has 1 aliphatic heterocycles. The SMILES string of the molecule is CC(C)(C)N[C@@H]1CC[C@H](N2CC[C@H](N(Cc3ccccc3)C(=O)O)C2=O)[C@@H](N)C1. The lowest BCUT2D eigenvalue weighted by Crippen LogP contribution is -2.57. The van der Waals surface area contributed by atoms with Crippen LogP contribution in [0, 0.1) is 0 Å². The highest BCUT2D eigenvalue weighted by atomic mass is 16.4. The summed E-state index contributed by atoms with van der Waals surface area (Å²) in [6, 6.07) is 9.01. The molecule has 2 aliphatic rings. The predicted molar refractivity (Wildman–Crippen MR) is 112 cm³/mol. The summed E-state index contributed by atoms with van der Waals surface area (Å²) in [6.07, 6.45) is 2.10. The van der Waals surface area contributed by atoms with Gasteiger partial charge in [-0.3, -0.25) is 9.69 Å². The average molecular weight is 403 g/mol. The van der Waals surface area contributed by atoms with Gasteiger partial charge in [-0.25, -0.2) is 4.79 Å². The normalized spacial score (nSPS) is 27.9. The highest BCUT2D eigenvalue weighted by Gasteiger charge is 2.44. The fraction of sp³-hybridized carbons (Fsp3) is 0.636. The molecule has 1 saturated heterocycles. The van der Waals surface area contributed by atoms with Gasteiger partial charge in [-0.15, -0.1) is 0 Å². The molecule has 1 aliphatic carbocycles. The number of carboxylic acid groups (broad SMARTS) is 1. The van der Waals surface area contributed by atoms with Crippen molar-refractivity contribution in [3.63, 3.8) is 0 Å². The van der Waals surface area contributed by atoms with Crippen molar-refractivity contribution in [1.29, 1.82) is 0 Å². The van der Waals surface area contributed by atoms with Gasteiger partial charge in [0.1, 0.15) is 6.04 Å². The van der Waals surface area contributed by atoms with Crippen molar-refractivity contribution in [2.24, 2.45) is 5.73 Å². The van der Waals surface area contributed by atoms with Crippen molar-refractivity contribution in [3.8, 4) is 0 Å². The summed E-state index contributed by atoms with van der Waals surface area (Å²) >= 11 is 0. The van der Waals surface area contributed by atoms with Crippen LogP contribution in [0.2, 0.25) is 0 Å². The largest absolute Gasteiger partial charge is 0.465 e. The van der Waals surface area contributed by atoms with Gasteiger partial charge < -0.3 is 21.1 Å². The minimum absolute atomic E-state index is 0.0158. The smallest absolute Gasteiger partial charge is 0.408 e. The monoisotopic (exact) mass is 402 g/mol. The lowest BCUT2D eigenvalue weighted by Gasteiger charge is -2.41. The van der Waals surface area contributed by atoms with Crippen molar-refractivity contribution in [3.05, 3.63) is 35.9 Å². The topological polar surface area (TPSA) is 98.9 Å². The van der Waals surface area contributed by atoms with Crippen molar-refractivity contribution in [2.45, 2.75) is 82.7 Å². The number of hydrogen-bond donors (Lipinski definition) is 3. The minimum atomic E-state index is -1.06. The molecule has 0 radical (unpaired) electrons. The van der Waals surface area contributed by atoms with Gasteiger partial charge in [0.15, 0.2) is 0 Å². The van der Waals surface area contributed by atoms with Gasteiger partial charge in [-0.2, -0.15) is 0 Å². The minimum Gasteiger partial charge on any atom is -0.465 e. The summed E-state index contributed by atoms with van der Waals surface area (Å²) in [4.78, 5) is 28.1. The van der Waals surface area contributed by atoms with Crippen LogP contribution in [-0.4, -0.2) is 63.2 Å².